The van der Waals surface area contributed by atoms with Crippen LogP contribution in [0.1, 0.15) is 10.4 Å². The number of aromatic carboxylic acids is 1. The number of pyridine rings is 1. The van der Waals surface area contributed by atoms with Crippen LogP contribution in [-0.2, 0) is 0 Å². The van der Waals surface area contributed by atoms with Crippen molar-refractivity contribution in [2.24, 2.45) is 0 Å². The number of aromatic nitrogens is 1. The minimum Gasteiger partial charge on any atom is -0.508 e. The van der Waals surface area contributed by atoms with Gasteiger partial charge in [-0.15, -0.1) is 0 Å². The van der Waals surface area contributed by atoms with E-state index < -0.39 is 5.97 Å². The van der Waals surface area contributed by atoms with Crippen LogP contribution in [-0.4, -0.2) is 21.2 Å². The molecular formula is C16H11NO3. The number of hydrogen-bond donors (Lipinski definition) is 2. The van der Waals surface area contributed by atoms with Gasteiger partial charge in [-0.05, 0) is 36.4 Å². The maximum atomic E-state index is 11.2. The Hall–Kier alpha value is -2.88. The average Bonchev–Trinajstić information content (AvgIpc) is 2.46. The highest BCUT2D eigenvalue weighted by Gasteiger charge is 2.10. The molecule has 0 fully saturated rings. The number of carboxylic acids is 1. The number of carbonyl (C=O) groups is 1. The third-order valence-electron chi connectivity index (χ3n) is 3.11. The maximum absolute atomic E-state index is 11.2. The van der Waals surface area contributed by atoms with Gasteiger partial charge in [0.05, 0.1) is 16.8 Å². The van der Waals surface area contributed by atoms with Crippen molar-refractivity contribution in [2.75, 3.05) is 0 Å². The first-order valence-electron chi connectivity index (χ1n) is 6.07. The molecule has 3 rings (SSSR count). The van der Waals surface area contributed by atoms with Gasteiger partial charge >= 0.3 is 5.97 Å². The lowest BCUT2D eigenvalue weighted by atomic mass is 10.1. The largest absolute Gasteiger partial charge is 0.508 e. The topological polar surface area (TPSA) is 70.4 Å². The Kier molecular flexibility index (Phi) is 2.84. The lowest BCUT2D eigenvalue weighted by molar-refractivity contribution is 0.0699. The average molecular weight is 265 g/mol. The highest BCUT2D eigenvalue weighted by Crippen LogP contribution is 2.24. The monoisotopic (exact) mass is 265 g/mol. The molecule has 0 aliphatic rings. The number of nitrogens with zero attached hydrogens (tertiary/aromatic N) is 1. The van der Waals surface area contributed by atoms with Crippen LogP contribution in [0, 0.1) is 0 Å². The van der Waals surface area contributed by atoms with Crippen molar-refractivity contribution in [1.82, 2.24) is 4.98 Å². The number of benzene rings is 2. The van der Waals surface area contributed by atoms with Gasteiger partial charge in [0.15, 0.2) is 0 Å². The van der Waals surface area contributed by atoms with Gasteiger partial charge in [0.1, 0.15) is 5.75 Å². The van der Waals surface area contributed by atoms with Crippen molar-refractivity contribution in [1.29, 1.82) is 0 Å². The molecule has 0 atom stereocenters. The van der Waals surface area contributed by atoms with Gasteiger partial charge in [-0.1, -0.05) is 18.2 Å². The summed E-state index contributed by atoms with van der Waals surface area (Å²) in [4.78, 5) is 15.7. The number of aromatic hydroxyl groups is 1. The Morgan fingerprint density at radius 2 is 1.70 bits per heavy atom. The Morgan fingerprint density at radius 1 is 0.950 bits per heavy atom. The van der Waals surface area contributed by atoms with Gasteiger partial charge in [0.25, 0.3) is 0 Å². The Morgan fingerprint density at radius 3 is 2.40 bits per heavy atom. The van der Waals surface area contributed by atoms with E-state index in [1.807, 2.05) is 18.2 Å². The molecule has 0 bridgehead atoms. The molecule has 20 heavy (non-hydrogen) atoms. The predicted molar refractivity (Wildman–Crippen MR) is 75.8 cm³/mol. The molecule has 0 amide bonds. The lowest BCUT2D eigenvalue weighted by Crippen LogP contribution is -1.99. The van der Waals surface area contributed by atoms with Crippen LogP contribution in [0.2, 0.25) is 0 Å². The molecular weight excluding hydrogens is 254 g/mol. The third-order valence-corrected chi connectivity index (χ3v) is 3.11. The predicted octanol–water partition coefficient (Wildman–Crippen LogP) is 3.31. The van der Waals surface area contributed by atoms with Crippen LogP contribution in [0.25, 0.3) is 22.2 Å². The van der Waals surface area contributed by atoms with E-state index in [9.17, 15) is 15.0 Å². The SMILES string of the molecule is O=C(O)c1cccc2ccc(-c3ccc(O)cc3)nc12. The Labute approximate surface area is 115 Å². The summed E-state index contributed by atoms with van der Waals surface area (Å²) in [6.45, 7) is 0. The van der Waals surface area contributed by atoms with Crippen molar-refractivity contribution < 1.29 is 15.0 Å². The third kappa shape index (κ3) is 2.07. The van der Waals surface area contributed by atoms with Crippen molar-refractivity contribution in [3.63, 3.8) is 0 Å². The minimum atomic E-state index is -0.994. The molecule has 0 radical (unpaired) electrons. The molecule has 4 heteroatoms. The van der Waals surface area contributed by atoms with Crippen LogP contribution < -0.4 is 0 Å². The van der Waals surface area contributed by atoms with E-state index in [2.05, 4.69) is 4.98 Å². The number of fused-ring (bicyclic) bond motifs is 1. The molecule has 1 heterocycles. The fourth-order valence-corrected chi connectivity index (χ4v) is 2.11. The van der Waals surface area contributed by atoms with Crippen LogP contribution in [0.3, 0.4) is 0 Å². The number of phenols is 1. The Balaban J connectivity index is 2.21. The molecule has 0 aliphatic carbocycles. The van der Waals surface area contributed by atoms with Gasteiger partial charge in [0.2, 0.25) is 0 Å². The van der Waals surface area contributed by atoms with Crippen molar-refractivity contribution in [2.45, 2.75) is 0 Å². The van der Waals surface area contributed by atoms with E-state index in [4.69, 9.17) is 0 Å². The first kappa shape index (κ1) is 12.2. The summed E-state index contributed by atoms with van der Waals surface area (Å²) in [5, 5.41) is 19.3. The molecule has 2 aromatic carbocycles. The minimum absolute atomic E-state index is 0.181. The second-order valence-electron chi connectivity index (χ2n) is 4.43. The normalized spacial score (nSPS) is 10.6. The highest BCUT2D eigenvalue weighted by atomic mass is 16.4. The summed E-state index contributed by atoms with van der Waals surface area (Å²) in [7, 11) is 0. The number of para-hydroxylation sites is 1. The summed E-state index contributed by atoms with van der Waals surface area (Å²) in [5.41, 5.74) is 2.14. The van der Waals surface area contributed by atoms with Gasteiger partial charge < -0.3 is 10.2 Å². The molecule has 4 nitrogen and oxygen atoms in total. The van der Waals surface area contributed by atoms with Crippen molar-refractivity contribution >= 4 is 16.9 Å². The molecule has 0 unspecified atom stereocenters. The summed E-state index contributed by atoms with van der Waals surface area (Å²) in [5.74, 6) is -0.813. The quantitative estimate of drug-likeness (QED) is 0.745. The van der Waals surface area contributed by atoms with E-state index in [-0.39, 0.29) is 11.3 Å². The standard InChI is InChI=1S/C16H11NO3/c18-12-7-4-10(5-8-12)14-9-6-11-2-1-3-13(16(19)20)15(11)17-14/h1-9,18H,(H,19,20). The van der Waals surface area contributed by atoms with Crippen molar-refractivity contribution in [3.8, 4) is 17.0 Å². The van der Waals surface area contributed by atoms with Crippen LogP contribution in [0.4, 0.5) is 0 Å². The molecule has 0 spiro atoms. The zero-order chi connectivity index (χ0) is 14.1. The first-order valence-corrected chi connectivity index (χ1v) is 6.07. The maximum Gasteiger partial charge on any atom is 0.337 e. The summed E-state index contributed by atoms with van der Waals surface area (Å²) >= 11 is 0. The summed E-state index contributed by atoms with van der Waals surface area (Å²) in [6, 6.07) is 15.4. The van der Waals surface area contributed by atoms with E-state index in [0.717, 1.165) is 10.9 Å². The van der Waals surface area contributed by atoms with Crippen LogP contribution in [0.5, 0.6) is 5.75 Å². The summed E-state index contributed by atoms with van der Waals surface area (Å²) < 4.78 is 0. The van der Waals surface area contributed by atoms with Crippen LogP contribution in [0.15, 0.2) is 54.6 Å². The van der Waals surface area contributed by atoms with Gasteiger partial charge in [-0.2, -0.15) is 0 Å². The molecule has 3 aromatic rings. The van der Waals surface area contributed by atoms with E-state index in [0.29, 0.717) is 11.2 Å². The number of carboxylic acid groups (broad SMARTS) is 1. The van der Waals surface area contributed by atoms with E-state index in [1.54, 1.807) is 30.3 Å². The molecule has 2 N–H and O–H groups in total. The number of hydrogen-bond acceptors (Lipinski definition) is 3. The van der Waals surface area contributed by atoms with Crippen molar-refractivity contribution in [3.05, 3.63) is 60.2 Å². The van der Waals surface area contributed by atoms with E-state index in [1.165, 1.54) is 6.07 Å². The molecule has 1 aromatic heterocycles. The summed E-state index contributed by atoms with van der Waals surface area (Å²) in [6.07, 6.45) is 0. The fraction of sp³-hybridized carbons (Fsp3) is 0. The smallest absolute Gasteiger partial charge is 0.337 e. The number of rotatable bonds is 2. The van der Waals surface area contributed by atoms with Crippen LogP contribution >= 0.6 is 0 Å². The molecule has 0 aliphatic heterocycles. The highest BCUT2D eigenvalue weighted by molar-refractivity contribution is 6.02. The second-order valence-corrected chi connectivity index (χ2v) is 4.43. The lowest BCUT2D eigenvalue weighted by Gasteiger charge is -2.05. The number of phenolic OH excluding ortho intramolecular Hbond substituents is 1. The van der Waals surface area contributed by atoms with Gasteiger partial charge in [-0.3, -0.25) is 0 Å². The van der Waals surface area contributed by atoms with E-state index >= 15 is 0 Å². The zero-order valence-electron chi connectivity index (χ0n) is 10.4. The zero-order valence-corrected chi connectivity index (χ0v) is 10.4. The van der Waals surface area contributed by atoms with Gasteiger partial charge in [-0.25, -0.2) is 9.78 Å². The molecule has 0 saturated carbocycles. The first-order chi connectivity index (χ1) is 9.65. The molecule has 0 saturated heterocycles. The second kappa shape index (κ2) is 4.66. The fourth-order valence-electron chi connectivity index (χ4n) is 2.11. The van der Waals surface area contributed by atoms with Gasteiger partial charge in [0, 0.05) is 10.9 Å². The molecule has 98 valence electrons. The Bertz CT molecular complexity index is 794.